The fourth-order valence-electron chi connectivity index (χ4n) is 3.12. The summed E-state index contributed by atoms with van der Waals surface area (Å²) in [6.07, 6.45) is 7.65. The molecule has 0 radical (unpaired) electrons. The summed E-state index contributed by atoms with van der Waals surface area (Å²) in [5.41, 5.74) is 0. The summed E-state index contributed by atoms with van der Waals surface area (Å²) >= 11 is 0. The Morgan fingerprint density at radius 3 is 2.59 bits per heavy atom. The highest BCUT2D eigenvalue weighted by Crippen LogP contribution is 2.28. The Kier molecular flexibility index (Phi) is 7.14. The summed E-state index contributed by atoms with van der Waals surface area (Å²) in [6, 6.07) is 0.744. The monoisotopic (exact) mass is 241 g/mol. The van der Waals surface area contributed by atoms with Gasteiger partial charge in [-0.1, -0.05) is 27.2 Å². The Hall–Kier alpha value is -0.0800. The van der Waals surface area contributed by atoms with Crippen molar-refractivity contribution in [3.63, 3.8) is 0 Å². The van der Waals surface area contributed by atoms with Gasteiger partial charge in [-0.25, -0.2) is 0 Å². The van der Waals surface area contributed by atoms with Crippen LogP contribution in [0, 0.1) is 17.8 Å². The van der Waals surface area contributed by atoms with Gasteiger partial charge in [0.1, 0.15) is 0 Å². The van der Waals surface area contributed by atoms with E-state index in [1.807, 2.05) is 0 Å². The standard InChI is InChI=1S/C15H31NO/c1-4-13-5-6-15(10-13)16-11-14(7-8-17)9-12(2)3/h12-17H,4-11H2,1-3H3. The summed E-state index contributed by atoms with van der Waals surface area (Å²) in [5.74, 6) is 2.34. The summed E-state index contributed by atoms with van der Waals surface area (Å²) in [7, 11) is 0. The molecule has 3 unspecified atom stereocenters. The maximum absolute atomic E-state index is 9.09. The van der Waals surface area contributed by atoms with E-state index in [4.69, 9.17) is 5.11 Å². The minimum absolute atomic E-state index is 0.335. The Morgan fingerprint density at radius 1 is 1.29 bits per heavy atom. The van der Waals surface area contributed by atoms with E-state index in [-0.39, 0.29) is 0 Å². The molecule has 1 aliphatic rings. The molecule has 0 aliphatic heterocycles. The topological polar surface area (TPSA) is 32.3 Å². The van der Waals surface area contributed by atoms with E-state index in [1.165, 1.54) is 32.1 Å². The van der Waals surface area contributed by atoms with Gasteiger partial charge in [0.25, 0.3) is 0 Å². The van der Waals surface area contributed by atoms with Crippen LogP contribution in [0.25, 0.3) is 0 Å². The van der Waals surface area contributed by atoms with E-state index >= 15 is 0 Å². The first-order valence-corrected chi connectivity index (χ1v) is 7.49. The van der Waals surface area contributed by atoms with E-state index in [9.17, 15) is 0 Å². The largest absolute Gasteiger partial charge is 0.396 e. The van der Waals surface area contributed by atoms with Gasteiger partial charge >= 0.3 is 0 Å². The number of rotatable bonds is 8. The van der Waals surface area contributed by atoms with Crippen molar-refractivity contribution in [3.8, 4) is 0 Å². The Labute approximate surface area is 107 Å². The summed E-state index contributed by atoms with van der Waals surface area (Å²) in [5, 5.41) is 12.8. The van der Waals surface area contributed by atoms with E-state index in [0.29, 0.717) is 12.5 Å². The van der Waals surface area contributed by atoms with Crippen LogP contribution in [-0.2, 0) is 0 Å². The zero-order chi connectivity index (χ0) is 12.7. The van der Waals surface area contributed by atoms with Crippen molar-refractivity contribution in [2.24, 2.45) is 17.8 Å². The van der Waals surface area contributed by atoms with E-state index in [0.717, 1.165) is 30.8 Å². The maximum Gasteiger partial charge on any atom is 0.0434 e. The number of aliphatic hydroxyl groups excluding tert-OH is 1. The van der Waals surface area contributed by atoms with Crippen molar-refractivity contribution >= 4 is 0 Å². The number of aliphatic hydroxyl groups is 1. The second-order valence-electron chi connectivity index (χ2n) is 6.20. The van der Waals surface area contributed by atoms with Gasteiger partial charge in [0.15, 0.2) is 0 Å². The van der Waals surface area contributed by atoms with E-state index < -0.39 is 0 Å². The van der Waals surface area contributed by atoms with Crippen LogP contribution < -0.4 is 5.32 Å². The molecule has 0 bridgehead atoms. The third-order valence-corrected chi connectivity index (χ3v) is 4.16. The van der Waals surface area contributed by atoms with Gasteiger partial charge in [-0.15, -0.1) is 0 Å². The highest BCUT2D eigenvalue weighted by Gasteiger charge is 2.23. The minimum atomic E-state index is 0.335. The van der Waals surface area contributed by atoms with Crippen LogP contribution >= 0.6 is 0 Å². The van der Waals surface area contributed by atoms with Gasteiger partial charge in [0, 0.05) is 12.6 Å². The minimum Gasteiger partial charge on any atom is -0.396 e. The zero-order valence-corrected chi connectivity index (χ0v) is 11.9. The fourth-order valence-corrected chi connectivity index (χ4v) is 3.12. The first-order valence-electron chi connectivity index (χ1n) is 7.49. The highest BCUT2D eigenvalue weighted by molar-refractivity contribution is 4.80. The molecule has 0 aromatic heterocycles. The second-order valence-corrected chi connectivity index (χ2v) is 6.20. The normalized spacial score (nSPS) is 26.6. The smallest absolute Gasteiger partial charge is 0.0434 e. The SMILES string of the molecule is CCC1CCC(NCC(CCO)CC(C)C)C1. The Morgan fingerprint density at radius 2 is 2.06 bits per heavy atom. The molecule has 17 heavy (non-hydrogen) atoms. The average Bonchev–Trinajstić information content (AvgIpc) is 2.73. The van der Waals surface area contributed by atoms with Crippen molar-refractivity contribution in [2.45, 2.75) is 65.3 Å². The Balaban J connectivity index is 2.21. The highest BCUT2D eigenvalue weighted by atomic mass is 16.3. The van der Waals surface area contributed by atoms with Gasteiger partial charge < -0.3 is 10.4 Å². The summed E-state index contributed by atoms with van der Waals surface area (Å²) in [6.45, 7) is 8.28. The van der Waals surface area contributed by atoms with Crippen molar-refractivity contribution in [2.75, 3.05) is 13.2 Å². The molecular weight excluding hydrogens is 210 g/mol. The molecule has 1 rings (SSSR count). The van der Waals surface area contributed by atoms with Crippen LogP contribution in [0.2, 0.25) is 0 Å². The van der Waals surface area contributed by atoms with Crippen LogP contribution in [0.4, 0.5) is 0 Å². The molecular formula is C15H31NO. The van der Waals surface area contributed by atoms with Crippen molar-refractivity contribution < 1.29 is 5.11 Å². The van der Waals surface area contributed by atoms with Crippen molar-refractivity contribution in [1.82, 2.24) is 5.32 Å². The molecule has 0 aromatic carbocycles. The predicted octanol–water partition coefficient (Wildman–Crippen LogP) is 3.20. The van der Waals surface area contributed by atoms with Gasteiger partial charge in [-0.3, -0.25) is 0 Å². The molecule has 1 aliphatic carbocycles. The molecule has 1 saturated carbocycles. The van der Waals surface area contributed by atoms with Crippen LogP contribution in [0.5, 0.6) is 0 Å². The lowest BCUT2D eigenvalue weighted by atomic mass is 9.94. The molecule has 0 aromatic rings. The van der Waals surface area contributed by atoms with Gasteiger partial charge in [0.05, 0.1) is 0 Å². The predicted molar refractivity (Wildman–Crippen MR) is 74.1 cm³/mol. The van der Waals surface area contributed by atoms with Gasteiger partial charge in [-0.2, -0.15) is 0 Å². The molecule has 2 heteroatoms. The van der Waals surface area contributed by atoms with Gasteiger partial charge in [0.2, 0.25) is 0 Å². The second kappa shape index (κ2) is 8.10. The molecule has 2 N–H and O–H groups in total. The molecule has 2 nitrogen and oxygen atoms in total. The zero-order valence-electron chi connectivity index (χ0n) is 11.9. The third-order valence-electron chi connectivity index (χ3n) is 4.16. The maximum atomic E-state index is 9.09. The van der Waals surface area contributed by atoms with E-state index in [2.05, 4.69) is 26.1 Å². The molecule has 0 heterocycles. The average molecular weight is 241 g/mol. The molecule has 0 amide bonds. The lowest BCUT2D eigenvalue weighted by molar-refractivity contribution is 0.236. The molecule has 0 saturated heterocycles. The summed E-state index contributed by atoms with van der Waals surface area (Å²) < 4.78 is 0. The van der Waals surface area contributed by atoms with Crippen LogP contribution in [0.1, 0.15) is 59.3 Å². The fraction of sp³-hybridized carbons (Fsp3) is 1.00. The molecule has 1 fully saturated rings. The summed E-state index contributed by atoms with van der Waals surface area (Å²) in [4.78, 5) is 0. The first kappa shape index (κ1) is 15.0. The lowest BCUT2D eigenvalue weighted by Crippen LogP contribution is -2.32. The van der Waals surface area contributed by atoms with Gasteiger partial charge in [-0.05, 0) is 56.4 Å². The van der Waals surface area contributed by atoms with E-state index in [1.54, 1.807) is 0 Å². The van der Waals surface area contributed by atoms with Crippen LogP contribution in [0.15, 0.2) is 0 Å². The first-order chi connectivity index (χ1) is 8.15. The lowest BCUT2D eigenvalue weighted by Gasteiger charge is -2.21. The molecule has 0 spiro atoms. The molecule has 102 valence electrons. The van der Waals surface area contributed by atoms with Crippen LogP contribution in [0.3, 0.4) is 0 Å². The number of hydrogen-bond acceptors (Lipinski definition) is 2. The number of hydrogen-bond donors (Lipinski definition) is 2. The quantitative estimate of drug-likeness (QED) is 0.684. The third kappa shape index (κ3) is 5.87. The number of nitrogens with one attached hydrogen (secondary N) is 1. The van der Waals surface area contributed by atoms with Crippen LogP contribution in [-0.4, -0.2) is 24.3 Å². The van der Waals surface area contributed by atoms with Crippen molar-refractivity contribution in [1.29, 1.82) is 0 Å². The van der Waals surface area contributed by atoms with Crippen molar-refractivity contribution in [3.05, 3.63) is 0 Å². The Bertz CT molecular complexity index is 193. The molecule has 3 atom stereocenters.